The predicted octanol–water partition coefficient (Wildman–Crippen LogP) is 1.21. The maximum Gasteiger partial charge on any atom is 0.283 e. The Labute approximate surface area is 74.2 Å². The minimum Gasteiger partial charge on any atom is -0.280 e. The number of hydrogen-bond acceptors (Lipinski definition) is 3. The molecule has 12 heavy (non-hydrogen) atoms. The number of nitrogens with zero attached hydrogens (tertiary/aromatic N) is 1. The molecule has 0 atom stereocenters. The highest BCUT2D eigenvalue weighted by molar-refractivity contribution is 7.80. The minimum atomic E-state index is -0.449. The van der Waals surface area contributed by atoms with Crippen LogP contribution in [0.15, 0.2) is 24.3 Å². The highest BCUT2D eigenvalue weighted by Gasteiger charge is 2.30. The first-order valence-electron chi connectivity index (χ1n) is 3.38. The summed E-state index contributed by atoms with van der Waals surface area (Å²) in [5.74, 6) is -0.449. The van der Waals surface area contributed by atoms with Crippen molar-refractivity contribution in [1.29, 1.82) is 0 Å². The number of amides is 1. The van der Waals surface area contributed by atoms with Crippen molar-refractivity contribution in [2.75, 3.05) is 0 Å². The van der Waals surface area contributed by atoms with Crippen molar-refractivity contribution in [2.45, 2.75) is 0 Å². The number of thiocarbonyl (C=S) groups is 1. The van der Waals surface area contributed by atoms with Crippen molar-refractivity contribution in [2.24, 2.45) is 0 Å². The van der Waals surface area contributed by atoms with Crippen LogP contribution in [0, 0.1) is 0 Å². The van der Waals surface area contributed by atoms with E-state index in [0.717, 1.165) is 0 Å². The summed E-state index contributed by atoms with van der Waals surface area (Å²) in [5, 5.41) is 9.63. The molecule has 0 aliphatic carbocycles. The second-order valence-electron chi connectivity index (χ2n) is 2.47. The van der Waals surface area contributed by atoms with Gasteiger partial charge in [0.1, 0.15) is 4.99 Å². The maximum absolute atomic E-state index is 11.2. The number of hydroxylamine groups is 2. The van der Waals surface area contributed by atoms with Crippen LogP contribution in [-0.2, 0) is 0 Å². The Morgan fingerprint density at radius 3 is 2.42 bits per heavy atom. The topological polar surface area (TPSA) is 40.5 Å². The molecule has 3 nitrogen and oxygen atoms in total. The lowest BCUT2D eigenvalue weighted by molar-refractivity contribution is 0.00254. The number of benzene rings is 1. The van der Waals surface area contributed by atoms with Gasteiger partial charge in [-0.15, -0.1) is 0 Å². The third-order valence-electron chi connectivity index (χ3n) is 1.77. The summed E-state index contributed by atoms with van der Waals surface area (Å²) in [6.07, 6.45) is 0. The van der Waals surface area contributed by atoms with Crippen LogP contribution in [0.25, 0.3) is 0 Å². The van der Waals surface area contributed by atoms with Crippen LogP contribution in [0.3, 0.4) is 0 Å². The molecule has 0 unspecified atom stereocenters. The third kappa shape index (κ3) is 0.790. The van der Waals surface area contributed by atoms with Gasteiger partial charge in [0.05, 0.1) is 5.56 Å². The fourth-order valence-electron chi connectivity index (χ4n) is 1.18. The normalized spacial score (nSPS) is 15.2. The first-order chi connectivity index (χ1) is 5.72. The van der Waals surface area contributed by atoms with Crippen LogP contribution in [0.2, 0.25) is 0 Å². The van der Waals surface area contributed by atoms with Gasteiger partial charge in [0.2, 0.25) is 0 Å². The number of rotatable bonds is 0. The van der Waals surface area contributed by atoms with Gasteiger partial charge in [-0.3, -0.25) is 10.0 Å². The van der Waals surface area contributed by atoms with Crippen molar-refractivity contribution < 1.29 is 10.0 Å². The van der Waals surface area contributed by atoms with Crippen molar-refractivity contribution in [3.63, 3.8) is 0 Å². The molecule has 0 bridgehead atoms. The first-order valence-corrected chi connectivity index (χ1v) is 3.79. The van der Waals surface area contributed by atoms with Gasteiger partial charge >= 0.3 is 0 Å². The van der Waals surface area contributed by atoms with Gasteiger partial charge in [-0.2, -0.15) is 5.06 Å². The lowest BCUT2D eigenvalue weighted by Crippen LogP contribution is -2.24. The lowest BCUT2D eigenvalue weighted by atomic mass is 10.1. The van der Waals surface area contributed by atoms with Gasteiger partial charge in [-0.05, 0) is 6.07 Å². The highest BCUT2D eigenvalue weighted by Crippen LogP contribution is 2.21. The van der Waals surface area contributed by atoms with E-state index < -0.39 is 5.91 Å². The average molecular weight is 179 g/mol. The first kappa shape index (κ1) is 7.39. The predicted molar refractivity (Wildman–Crippen MR) is 46.1 cm³/mol. The molecule has 1 aliphatic heterocycles. The Hall–Kier alpha value is -1.26. The van der Waals surface area contributed by atoms with E-state index in [1.165, 1.54) is 0 Å². The molecule has 60 valence electrons. The number of carbonyl (C=O) groups is 1. The van der Waals surface area contributed by atoms with Crippen molar-refractivity contribution in [3.05, 3.63) is 35.4 Å². The summed E-state index contributed by atoms with van der Waals surface area (Å²) in [7, 11) is 0. The fraction of sp³-hybridized carbons (Fsp3) is 0. The zero-order valence-corrected chi connectivity index (χ0v) is 6.84. The van der Waals surface area contributed by atoms with Crippen LogP contribution < -0.4 is 0 Å². The van der Waals surface area contributed by atoms with Crippen LogP contribution in [-0.4, -0.2) is 21.2 Å². The summed E-state index contributed by atoms with van der Waals surface area (Å²) in [6.45, 7) is 0. The van der Waals surface area contributed by atoms with E-state index in [1.807, 2.05) is 0 Å². The molecular formula is C8H5NO2S. The Morgan fingerprint density at radius 2 is 1.83 bits per heavy atom. The maximum atomic E-state index is 11.2. The Balaban J connectivity index is 2.67. The average Bonchev–Trinajstić information content (AvgIpc) is 2.33. The fourth-order valence-corrected chi connectivity index (χ4v) is 1.44. The molecule has 0 fully saturated rings. The van der Waals surface area contributed by atoms with Crippen LogP contribution in [0.1, 0.15) is 15.9 Å². The van der Waals surface area contributed by atoms with E-state index in [-0.39, 0.29) is 4.99 Å². The smallest absolute Gasteiger partial charge is 0.280 e. The van der Waals surface area contributed by atoms with Gasteiger partial charge in [0.25, 0.3) is 5.91 Å². The molecule has 1 heterocycles. The molecule has 0 radical (unpaired) electrons. The summed E-state index contributed by atoms with van der Waals surface area (Å²) in [4.78, 5) is 11.4. The summed E-state index contributed by atoms with van der Waals surface area (Å²) in [6, 6.07) is 6.86. The summed E-state index contributed by atoms with van der Waals surface area (Å²) in [5.41, 5.74) is 1.09. The monoisotopic (exact) mass is 179 g/mol. The molecule has 1 aromatic rings. The van der Waals surface area contributed by atoms with Crippen molar-refractivity contribution in [1.82, 2.24) is 5.06 Å². The molecule has 1 aliphatic rings. The largest absolute Gasteiger partial charge is 0.283 e. The molecule has 0 saturated heterocycles. The number of fused-ring (bicyclic) bond motifs is 1. The van der Waals surface area contributed by atoms with Crippen molar-refractivity contribution >= 4 is 23.1 Å². The molecule has 0 aromatic heterocycles. The van der Waals surface area contributed by atoms with Crippen LogP contribution in [0.4, 0.5) is 0 Å². The van der Waals surface area contributed by atoms with E-state index in [2.05, 4.69) is 0 Å². The zero-order chi connectivity index (χ0) is 8.72. The van der Waals surface area contributed by atoms with Gasteiger partial charge in [-0.1, -0.05) is 30.4 Å². The van der Waals surface area contributed by atoms with Crippen LogP contribution >= 0.6 is 12.2 Å². The van der Waals surface area contributed by atoms with Gasteiger partial charge in [0.15, 0.2) is 0 Å². The molecule has 0 saturated carbocycles. The number of hydrogen-bond donors (Lipinski definition) is 1. The van der Waals surface area contributed by atoms with Crippen molar-refractivity contribution in [3.8, 4) is 0 Å². The number of carbonyl (C=O) groups excluding carboxylic acids is 1. The Morgan fingerprint density at radius 1 is 1.25 bits per heavy atom. The van der Waals surface area contributed by atoms with E-state index in [0.29, 0.717) is 16.2 Å². The molecule has 4 heteroatoms. The van der Waals surface area contributed by atoms with E-state index in [1.54, 1.807) is 24.3 Å². The SMILES string of the molecule is O=C1c2ccccc2C(=S)N1O. The van der Waals surface area contributed by atoms with Gasteiger partial charge in [-0.25, -0.2) is 0 Å². The summed E-state index contributed by atoms with van der Waals surface area (Å²) >= 11 is 4.83. The lowest BCUT2D eigenvalue weighted by Gasteiger charge is -2.03. The third-order valence-corrected chi connectivity index (χ3v) is 2.17. The molecule has 1 amide bonds. The zero-order valence-electron chi connectivity index (χ0n) is 6.02. The van der Waals surface area contributed by atoms with Crippen LogP contribution in [0.5, 0.6) is 0 Å². The molecule has 0 spiro atoms. The van der Waals surface area contributed by atoms with Gasteiger partial charge in [0, 0.05) is 5.56 Å². The minimum absolute atomic E-state index is 0.176. The van der Waals surface area contributed by atoms with E-state index >= 15 is 0 Å². The second-order valence-corrected chi connectivity index (χ2v) is 2.85. The standard InChI is InChI=1S/C8H5NO2S/c10-7-5-3-1-2-4-6(5)8(12)9(7)11/h1-4,11H. The molecule has 1 N–H and O–H groups in total. The van der Waals surface area contributed by atoms with E-state index in [9.17, 15) is 4.79 Å². The molecule has 2 rings (SSSR count). The molecular weight excluding hydrogens is 174 g/mol. The highest BCUT2D eigenvalue weighted by atomic mass is 32.1. The Bertz CT molecular complexity index is 340. The van der Waals surface area contributed by atoms with Gasteiger partial charge < -0.3 is 0 Å². The Kier molecular flexibility index (Phi) is 1.46. The quantitative estimate of drug-likeness (QED) is 0.480. The second kappa shape index (κ2) is 2.36. The summed E-state index contributed by atoms with van der Waals surface area (Å²) < 4.78 is 0. The van der Waals surface area contributed by atoms with E-state index in [4.69, 9.17) is 17.4 Å². The molecule has 1 aromatic carbocycles.